The summed E-state index contributed by atoms with van der Waals surface area (Å²) in [6.45, 7) is 4.35. The molecule has 2 aliphatic heterocycles. The third kappa shape index (κ3) is 6.80. The van der Waals surface area contributed by atoms with E-state index in [0.29, 0.717) is 50.8 Å². The van der Waals surface area contributed by atoms with E-state index in [1.54, 1.807) is 0 Å². The van der Waals surface area contributed by atoms with Crippen LogP contribution in [0, 0.1) is 17.7 Å². The fraction of sp³-hybridized carbons (Fsp3) is 0.700. The molecule has 164 valence electrons. The minimum absolute atomic E-state index is 0.00919. The van der Waals surface area contributed by atoms with Crippen molar-refractivity contribution in [2.24, 2.45) is 11.8 Å². The second-order valence-electron chi connectivity index (χ2n) is 7.40. The first-order valence-electron chi connectivity index (χ1n) is 9.84. The molecule has 2 aliphatic rings. The topological polar surface area (TPSA) is 46.2 Å². The van der Waals surface area contributed by atoms with Crippen LogP contribution in [0.15, 0.2) is 18.2 Å². The number of halogens is 4. The summed E-state index contributed by atoms with van der Waals surface area (Å²) in [5.74, 6) is -1.48. The molecular formula is C20H26F4O5. The van der Waals surface area contributed by atoms with Crippen molar-refractivity contribution in [2.45, 2.75) is 51.5 Å². The van der Waals surface area contributed by atoms with Crippen molar-refractivity contribution in [1.29, 1.82) is 0 Å². The summed E-state index contributed by atoms with van der Waals surface area (Å²) in [6.07, 6.45) is -2.69. The molecule has 3 rings (SSSR count). The highest BCUT2D eigenvalue weighted by Crippen LogP contribution is 2.28. The van der Waals surface area contributed by atoms with Crippen LogP contribution in [0.25, 0.3) is 0 Å². The Hall–Kier alpha value is -1.42. The maximum Gasteiger partial charge on any atom is 0.573 e. The van der Waals surface area contributed by atoms with Gasteiger partial charge in [0.1, 0.15) is 0 Å². The fourth-order valence-electron chi connectivity index (χ4n) is 3.48. The van der Waals surface area contributed by atoms with Gasteiger partial charge in [-0.3, -0.25) is 0 Å². The quantitative estimate of drug-likeness (QED) is 0.609. The van der Waals surface area contributed by atoms with Crippen LogP contribution in [0.1, 0.15) is 31.7 Å². The van der Waals surface area contributed by atoms with E-state index in [9.17, 15) is 17.6 Å². The summed E-state index contributed by atoms with van der Waals surface area (Å²) in [5.41, 5.74) is 0.535. The van der Waals surface area contributed by atoms with Crippen LogP contribution >= 0.6 is 0 Å². The number of benzene rings is 1. The second kappa shape index (κ2) is 10.1. The molecule has 0 radical (unpaired) electrons. The number of alkyl halides is 3. The van der Waals surface area contributed by atoms with Gasteiger partial charge in [-0.1, -0.05) is 19.4 Å². The summed E-state index contributed by atoms with van der Waals surface area (Å²) in [6, 6.07) is 3.40. The largest absolute Gasteiger partial charge is 0.573 e. The summed E-state index contributed by atoms with van der Waals surface area (Å²) in [5, 5.41) is 0. The Morgan fingerprint density at radius 2 is 1.69 bits per heavy atom. The first-order valence-corrected chi connectivity index (χ1v) is 9.84. The van der Waals surface area contributed by atoms with Crippen molar-refractivity contribution in [2.75, 3.05) is 26.4 Å². The van der Waals surface area contributed by atoms with Crippen LogP contribution < -0.4 is 4.74 Å². The number of rotatable bonds is 7. The average Bonchev–Trinajstić information content (AvgIpc) is 2.69. The molecule has 0 atom stereocenters. The third-order valence-electron chi connectivity index (χ3n) is 4.96. The van der Waals surface area contributed by atoms with Crippen LogP contribution in [-0.2, 0) is 25.4 Å². The van der Waals surface area contributed by atoms with Crippen LogP contribution in [-0.4, -0.2) is 45.4 Å². The van der Waals surface area contributed by atoms with Gasteiger partial charge in [-0.2, -0.15) is 0 Å². The van der Waals surface area contributed by atoms with Crippen molar-refractivity contribution >= 4 is 0 Å². The Bertz CT molecular complexity index is 638. The Morgan fingerprint density at radius 3 is 2.28 bits per heavy atom. The Labute approximate surface area is 167 Å². The maximum atomic E-state index is 13.8. The van der Waals surface area contributed by atoms with Crippen LogP contribution in [0.4, 0.5) is 17.6 Å². The molecule has 29 heavy (non-hydrogen) atoms. The summed E-state index contributed by atoms with van der Waals surface area (Å²) in [4.78, 5) is 0. The highest BCUT2D eigenvalue weighted by molar-refractivity contribution is 5.29. The first-order chi connectivity index (χ1) is 13.8. The molecule has 2 fully saturated rings. The molecule has 0 bridgehead atoms. The summed E-state index contributed by atoms with van der Waals surface area (Å²) < 4.78 is 77.0. The van der Waals surface area contributed by atoms with Gasteiger partial charge in [0, 0.05) is 12.3 Å². The normalized spacial score (nSPS) is 28.3. The van der Waals surface area contributed by atoms with E-state index < -0.39 is 24.2 Å². The lowest BCUT2D eigenvalue weighted by molar-refractivity contribution is -0.281. The van der Waals surface area contributed by atoms with Gasteiger partial charge in [-0.05, 0) is 30.5 Å². The third-order valence-corrected chi connectivity index (χ3v) is 4.96. The zero-order valence-electron chi connectivity index (χ0n) is 16.3. The predicted molar refractivity (Wildman–Crippen MR) is 94.7 cm³/mol. The highest BCUT2D eigenvalue weighted by Gasteiger charge is 2.34. The number of aryl methyl sites for hydroxylation is 1. The molecule has 0 aliphatic carbocycles. The highest BCUT2D eigenvalue weighted by atomic mass is 19.4. The average molecular weight is 422 g/mol. The van der Waals surface area contributed by atoms with Gasteiger partial charge in [0.15, 0.2) is 24.1 Å². The molecule has 1 aromatic rings. The van der Waals surface area contributed by atoms with E-state index in [0.717, 1.165) is 25.0 Å². The summed E-state index contributed by atoms with van der Waals surface area (Å²) in [7, 11) is 0. The van der Waals surface area contributed by atoms with Crippen LogP contribution in [0.2, 0.25) is 0 Å². The second-order valence-corrected chi connectivity index (χ2v) is 7.40. The van der Waals surface area contributed by atoms with Gasteiger partial charge in [0.05, 0.1) is 32.3 Å². The molecule has 0 N–H and O–H groups in total. The van der Waals surface area contributed by atoms with Gasteiger partial charge in [0.25, 0.3) is 0 Å². The molecule has 0 spiro atoms. The first kappa shape index (κ1) is 22.3. The minimum atomic E-state index is -4.93. The van der Waals surface area contributed by atoms with E-state index >= 15 is 0 Å². The Kier molecular flexibility index (Phi) is 7.72. The van der Waals surface area contributed by atoms with Gasteiger partial charge < -0.3 is 23.7 Å². The molecule has 0 aromatic heterocycles. The number of hydrogen-bond donors (Lipinski definition) is 0. The van der Waals surface area contributed by atoms with Crippen LogP contribution in [0.5, 0.6) is 5.75 Å². The van der Waals surface area contributed by atoms with E-state index in [2.05, 4.69) is 11.7 Å². The molecule has 2 heterocycles. The molecule has 0 unspecified atom stereocenters. The van der Waals surface area contributed by atoms with Crippen LogP contribution in [0.3, 0.4) is 0 Å². The molecule has 0 amide bonds. The monoisotopic (exact) mass is 422 g/mol. The van der Waals surface area contributed by atoms with Crippen molar-refractivity contribution in [3.8, 4) is 5.75 Å². The smallest absolute Gasteiger partial charge is 0.403 e. The number of ether oxygens (including phenoxy) is 5. The molecular weight excluding hydrogens is 396 g/mol. The fourth-order valence-corrected chi connectivity index (χ4v) is 3.48. The SMILES string of the molecule is CCC[C@H]1CO[C@H]([C@H]2CO[C@H](CCc3ccc(OC(F)(F)F)c(F)c3)OC2)OC1. The predicted octanol–water partition coefficient (Wildman–Crippen LogP) is 4.44. The van der Waals surface area contributed by atoms with Gasteiger partial charge >= 0.3 is 6.36 Å². The molecule has 1 aromatic carbocycles. The van der Waals surface area contributed by atoms with E-state index in [1.165, 1.54) is 6.07 Å². The van der Waals surface area contributed by atoms with Gasteiger partial charge in [-0.15, -0.1) is 13.2 Å². The van der Waals surface area contributed by atoms with Crippen molar-refractivity contribution in [3.63, 3.8) is 0 Å². The lowest BCUT2D eigenvalue weighted by atomic mass is 10.0. The van der Waals surface area contributed by atoms with E-state index in [1.807, 2.05) is 0 Å². The van der Waals surface area contributed by atoms with E-state index in [4.69, 9.17) is 18.9 Å². The Balaban J connectivity index is 1.40. The lowest BCUT2D eigenvalue weighted by Crippen LogP contribution is -2.44. The lowest BCUT2D eigenvalue weighted by Gasteiger charge is -2.37. The van der Waals surface area contributed by atoms with Crippen molar-refractivity contribution in [3.05, 3.63) is 29.6 Å². The standard InChI is InChI=1S/C20H26F4O5/c1-2-3-14-9-27-19(28-10-14)15-11-25-18(26-12-15)7-5-13-4-6-17(16(21)8-13)29-20(22,23)24/h4,6,8,14-15,18-19H,2-3,5,7,9-12H2,1H3/t14-,15-,18-,19-. The zero-order valence-corrected chi connectivity index (χ0v) is 16.3. The summed E-state index contributed by atoms with van der Waals surface area (Å²) >= 11 is 0. The molecule has 5 nitrogen and oxygen atoms in total. The molecule has 9 heteroatoms. The maximum absolute atomic E-state index is 13.8. The zero-order chi connectivity index (χ0) is 20.9. The van der Waals surface area contributed by atoms with Gasteiger partial charge in [-0.25, -0.2) is 4.39 Å². The van der Waals surface area contributed by atoms with Crippen molar-refractivity contribution in [1.82, 2.24) is 0 Å². The molecule has 2 saturated heterocycles. The van der Waals surface area contributed by atoms with E-state index in [-0.39, 0.29) is 12.2 Å². The van der Waals surface area contributed by atoms with Gasteiger partial charge in [0.2, 0.25) is 0 Å². The van der Waals surface area contributed by atoms with Crippen molar-refractivity contribution < 1.29 is 41.2 Å². The molecule has 0 saturated carbocycles. The Morgan fingerprint density at radius 1 is 1.00 bits per heavy atom. The minimum Gasteiger partial charge on any atom is -0.403 e. The number of hydrogen-bond acceptors (Lipinski definition) is 5.